The summed E-state index contributed by atoms with van der Waals surface area (Å²) in [4.78, 5) is 36.5. The molecular formula is C19H20ClN5O3S2. The number of benzene rings is 1. The van der Waals surface area contributed by atoms with Crippen molar-refractivity contribution >= 4 is 58.6 Å². The normalized spacial score (nSPS) is 13.2. The number of aryl methyl sites for hydroxylation is 1. The second kappa shape index (κ2) is 11.1. The lowest BCUT2D eigenvalue weighted by molar-refractivity contribution is -0.137. The van der Waals surface area contributed by atoms with Crippen molar-refractivity contribution in [1.29, 1.82) is 5.26 Å². The predicted octanol–water partition coefficient (Wildman–Crippen LogP) is 2.58. The van der Waals surface area contributed by atoms with E-state index in [-0.39, 0.29) is 24.4 Å². The van der Waals surface area contributed by atoms with Crippen LogP contribution in [0.25, 0.3) is 0 Å². The molecule has 0 saturated carbocycles. The zero-order valence-electron chi connectivity index (χ0n) is 16.6. The van der Waals surface area contributed by atoms with Crippen LogP contribution in [0.3, 0.4) is 0 Å². The average Bonchev–Trinajstić information content (AvgIpc) is 2.73. The molecule has 1 aromatic carbocycles. The van der Waals surface area contributed by atoms with Gasteiger partial charge in [0.2, 0.25) is 5.91 Å². The Morgan fingerprint density at radius 2 is 1.97 bits per heavy atom. The Labute approximate surface area is 188 Å². The van der Waals surface area contributed by atoms with Crippen molar-refractivity contribution in [3.63, 3.8) is 0 Å². The van der Waals surface area contributed by atoms with Gasteiger partial charge in [-0.1, -0.05) is 17.7 Å². The van der Waals surface area contributed by atoms with Crippen LogP contribution in [0.4, 0.5) is 0 Å². The fourth-order valence-electron chi connectivity index (χ4n) is 2.60. The molecule has 0 spiro atoms. The molecule has 158 valence electrons. The van der Waals surface area contributed by atoms with E-state index in [9.17, 15) is 19.6 Å². The topological polar surface area (TPSA) is 115 Å². The number of nitrogens with zero attached hydrogens (tertiary/aromatic N) is 3. The molecule has 0 bridgehead atoms. The third-order valence-electron chi connectivity index (χ3n) is 4.12. The monoisotopic (exact) mass is 465 g/mol. The second-order valence-corrected chi connectivity index (χ2v) is 8.45. The van der Waals surface area contributed by atoms with Crippen molar-refractivity contribution in [2.45, 2.75) is 19.8 Å². The number of hydrazone groups is 1. The van der Waals surface area contributed by atoms with Crippen LogP contribution in [0, 0.1) is 18.3 Å². The van der Waals surface area contributed by atoms with Crippen molar-refractivity contribution < 1.29 is 14.4 Å². The number of amides is 3. The van der Waals surface area contributed by atoms with Crippen LogP contribution in [0.2, 0.25) is 5.02 Å². The van der Waals surface area contributed by atoms with E-state index >= 15 is 0 Å². The van der Waals surface area contributed by atoms with Crippen LogP contribution in [0.1, 0.15) is 24.0 Å². The van der Waals surface area contributed by atoms with Gasteiger partial charge in [0.15, 0.2) is 0 Å². The van der Waals surface area contributed by atoms with Gasteiger partial charge in [-0.2, -0.15) is 10.4 Å². The number of rotatable bonds is 6. The summed E-state index contributed by atoms with van der Waals surface area (Å²) < 4.78 is 0.531. The number of hydrazine groups is 1. The number of carbonyl (C=O) groups excluding carboxylic acids is 3. The Bertz CT molecular complexity index is 965. The van der Waals surface area contributed by atoms with Crippen molar-refractivity contribution in [1.82, 2.24) is 15.9 Å². The smallest absolute Gasteiger partial charge is 0.273 e. The largest absolute Gasteiger partial charge is 0.282 e. The third-order valence-corrected chi connectivity index (χ3v) is 6.69. The van der Waals surface area contributed by atoms with Gasteiger partial charge in [-0.05, 0) is 42.7 Å². The van der Waals surface area contributed by atoms with Gasteiger partial charge in [0.1, 0.15) is 18.2 Å². The van der Waals surface area contributed by atoms with Crippen LogP contribution in [0.15, 0.2) is 33.1 Å². The zero-order valence-corrected chi connectivity index (χ0v) is 19.0. The Kier molecular flexibility index (Phi) is 8.77. The third kappa shape index (κ3) is 6.01. The maximum Gasteiger partial charge on any atom is 0.282 e. The number of thioether (sulfide) groups is 2. The summed E-state index contributed by atoms with van der Waals surface area (Å²) in [5.74, 6) is -1.66. The molecule has 2 N–H and O–H groups in total. The van der Waals surface area contributed by atoms with E-state index in [0.29, 0.717) is 21.4 Å². The summed E-state index contributed by atoms with van der Waals surface area (Å²) in [5, 5.41) is 15.2. The van der Waals surface area contributed by atoms with Crippen molar-refractivity contribution in [3.05, 3.63) is 44.2 Å². The molecule has 2 rings (SSSR count). The summed E-state index contributed by atoms with van der Waals surface area (Å²) in [6.45, 7) is 1.51. The van der Waals surface area contributed by atoms with Crippen LogP contribution in [0.5, 0.6) is 0 Å². The molecular weight excluding hydrogens is 446 g/mol. The van der Waals surface area contributed by atoms with Crippen LogP contribution in [-0.2, 0) is 14.4 Å². The van der Waals surface area contributed by atoms with E-state index in [1.54, 1.807) is 18.6 Å². The fraction of sp³-hybridized carbons (Fsp3) is 0.316. The molecule has 11 heteroatoms. The van der Waals surface area contributed by atoms with E-state index in [0.717, 1.165) is 16.1 Å². The number of hydrogen-bond acceptors (Lipinski definition) is 7. The number of carbonyl (C=O) groups is 3. The number of nitrogens with one attached hydrogen (secondary N) is 2. The molecule has 1 aromatic rings. The zero-order chi connectivity index (χ0) is 22.3. The fourth-order valence-corrected chi connectivity index (χ4v) is 4.07. The van der Waals surface area contributed by atoms with Crippen molar-refractivity contribution in [3.8, 4) is 6.07 Å². The number of hydrogen-bond donors (Lipinski definition) is 2. The van der Waals surface area contributed by atoms with Gasteiger partial charge in [0.05, 0.1) is 9.95 Å². The minimum atomic E-state index is -0.727. The van der Waals surface area contributed by atoms with E-state index in [1.165, 1.54) is 23.5 Å². The van der Waals surface area contributed by atoms with Crippen LogP contribution in [-0.4, -0.2) is 47.5 Å². The molecule has 0 aromatic heterocycles. The molecule has 8 nitrogen and oxygen atoms in total. The average molecular weight is 466 g/mol. The van der Waals surface area contributed by atoms with Crippen molar-refractivity contribution in [2.24, 2.45) is 5.10 Å². The van der Waals surface area contributed by atoms with Crippen LogP contribution >= 0.6 is 35.1 Å². The highest BCUT2D eigenvalue weighted by Gasteiger charge is 2.24. The molecule has 30 heavy (non-hydrogen) atoms. The number of halogens is 1. The SMILES string of the molecule is CSC(SC)=C(C#N)C(=O)NNC(=O)CN1N=C(c2ccc(Cl)c(C)c2)CCC1=O. The minimum absolute atomic E-state index is 0.0947. The maximum absolute atomic E-state index is 12.2. The van der Waals surface area contributed by atoms with E-state index in [2.05, 4.69) is 16.0 Å². The van der Waals surface area contributed by atoms with Gasteiger partial charge in [0, 0.05) is 17.9 Å². The van der Waals surface area contributed by atoms with Gasteiger partial charge >= 0.3 is 0 Å². The molecule has 0 aliphatic carbocycles. The van der Waals surface area contributed by atoms with Gasteiger partial charge in [-0.3, -0.25) is 25.2 Å². The lowest BCUT2D eigenvalue weighted by Gasteiger charge is -2.23. The highest BCUT2D eigenvalue weighted by molar-refractivity contribution is 8.21. The van der Waals surface area contributed by atoms with Gasteiger partial charge < -0.3 is 0 Å². The van der Waals surface area contributed by atoms with Gasteiger partial charge in [-0.15, -0.1) is 23.5 Å². The molecule has 0 saturated heterocycles. The van der Waals surface area contributed by atoms with Gasteiger partial charge in [-0.25, -0.2) is 5.01 Å². The first-order valence-corrected chi connectivity index (χ1v) is 11.6. The lowest BCUT2D eigenvalue weighted by Crippen LogP contribution is -2.47. The Hall–Kier alpha value is -2.48. The van der Waals surface area contributed by atoms with Crippen LogP contribution < -0.4 is 10.9 Å². The predicted molar refractivity (Wildman–Crippen MR) is 120 cm³/mol. The van der Waals surface area contributed by atoms with Crippen molar-refractivity contribution in [2.75, 3.05) is 19.1 Å². The molecule has 3 amide bonds. The lowest BCUT2D eigenvalue weighted by atomic mass is 10.0. The summed E-state index contributed by atoms with van der Waals surface area (Å²) in [6, 6.07) is 7.27. The molecule has 1 heterocycles. The summed E-state index contributed by atoms with van der Waals surface area (Å²) in [5.41, 5.74) is 6.70. The first kappa shape index (κ1) is 23.8. The van der Waals surface area contributed by atoms with E-state index in [1.807, 2.05) is 25.1 Å². The maximum atomic E-state index is 12.2. The molecule has 0 radical (unpaired) electrons. The summed E-state index contributed by atoms with van der Waals surface area (Å²) in [6.07, 6.45) is 4.16. The highest BCUT2D eigenvalue weighted by Crippen LogP contribution is 2.27. The standard InChI is InChI=1S/C19H20ClN5O3S2/c1-11-8-12(4-5-14(11)20)15-6-7-17(27)25(24-15)10-16(26)22-23-18(28)13(9-21)19(29-2)30-3/h4-5,8H,6-7,10H2,1-3H3,(H,22,26)(H,23,28). The van der Waals surface area contributed by atoms with E-state index < -0.39 is 11.8 Å². The Balaban J connectivity index is 2.05. The Morgan fingerprint density at radius 1 is 1.27 bits per heavy atom. The van der Waals surface area contributed by atoms with E-state index in [4.69, 9.17) is 11.6 Å². The molecule has 1 aliphatic heterocycles. The first-order chi connectivity index (χ1) is 14.3. The second-order valence-electron chi connectivity index (χ2n) is 6.15. The minimum Gasteiger partial charge on any atom is -0.273 e. The van der Waals surface area contributed by atoms with Gasteiger partial charge in [0.25, 0.3) is 11.8 Å². The quantitative estimate of drug-likeness (QED) is 0.379. The molecule has 0 atom stereocenters. The summed E-state index contributed by atoms with van der Waals surface area (Å²) >= 11 is 8.58. The highest BCUT2D eigenvalue weighted by atomic mass is 35.5. The molecule has 1 aliphatic rings. The molecule has 0 fully saturated rings. The number of nitriles is 1. The first-order valence-electron chi connectivity index (χ1n) is 8.76. The summed E-state index contributed by atoms with van der Waals surface area (Å²) in [7, 11) is 0. The Morgan fingerprint density at radius 3 is 2.57 bits per heavy atom. The molecule has 0 unspecified atom stereocenters.